The van der Waals surface area contributed by atoms with Crippen molar-refractivity contribution in [2.45, 2.75) is 38.8 Å². The molecule has 1 amide bonds. The molecule has 3 N–H and O–H groups in total. The lowest BCUT2D eigenvalue weighted by molar-refractivity contribution is -0.122. The predicted molar refractivity (Wildman–Crippen MR) is 70.9 cm³/mol. The van der Waals surface area contributed by atoms with Crippen LogP contribution in [0.2, 0.25) is 5.02 Å². The predicted octanol–water partition coefficient (Wildman–Crippen LogP) is 2.64. The van der Waals surface area contributed by atoms with Gasteiger partial charge in [0.25, 0.3) is 0 Å². The Labute approximate surface area is 107 Å². The van der Waals surface area contributed by atoms with Crippen LogP contribution in [-0.4, -0.2) is 11.4 Å². The van der Waals surface area contributed by atoms with Crippen LogP contribution in [0, 0.1) is 0 Å². The maximum absolute atomic E-state index is 11.7. The molecule has 4 heteroatoms. The highest BCUT2D eigenvalue weighted by Gasteiger charge is 2.18. The second-order valence-electron chi connectivity index (χ2n) is 5.01. The van der Waals surface area contributed by atoms with E-state index in [1.807, 2.05) is 45.0 Å². The van der Waals surface area contributed by atoms with Gasteiger partial charge in [0, 0.05) is 17.0 Å². The molecule has 0 unspecified atom stereocenters. The molecule has 0 spiro atoms. The smallest absolute Gasteiger partial charge is 0.222 e. The van der Waals surface area contributed by atoms with Crippen LogP contribution in [0.5, 0.6) is 0 Å². The van der Waals surface area contributed by atoms with Crippen molar-refractivity contribution < 1.29 is 4.79 Å². The van der Waals surface area contributed by atoms with Gasteiger partial charge in [-0.15, -0.1) is 0 Å². The number of carbonyl (C=O) groups is 1. The molecule has 0 fully saturated rings. The van der Waals surface area contributed by atoms with Crippen LogP contribution in [0.15, 0.2) is 24.3 Å². The van der Waals surface area contributed by atoms with Gasteiger partial charge >= 0.3 is 0 Å². The Bertz CT molecular complexity index is 399. The van der Waals surface area contributed by atoms with Gasteiger partial charge < -0.3 is 11.1 Å². The van der Waals surface area contributed by atoms with E-state index in [9.17, 15) is 4.79 Å². The standard InChI is InChI=1S/C13H19ClN2O/c1-9(10-5-4-6-11(14)7-10)16-12(17)8-13(2,3)15/h4-7,9H,8,15H2,1-3H3,(H,16,17)/t9-/m0/s1. The highest BCUT2D eigenvalue weighted by Crippen LogP contribution is 2.17. The summed E-state index contributed by atoms with van der Waals surface area (Å²) in [5.41, 5.74) is 6.29. The molecule has 0 radical (unpaired) electrons. The maximum atomic E-state index is 11.7. The number of carbonyl (C=O) groups excluding carboxylic acids is 1. The summed E-state index contributed by atoms with van der Waals surface area (Å²) < 4.78 is 0. The van der Waals surface area contributed by atoms with E-state index in [0.29, 0.717) is 11.4 Å². The Kier molecular flexibility index (Phi) is 4.54. The van der Waals surface area contributed by atoms with Gasteiger partial charge in [0.1, 0.15) is 0 Å². The Hall–Kier alpha value is -1.06. The van der Waals surface area contributed by atoms with Crippen molar-refractivity contribution in [1.29, 1.82) is 0 Å². The molecule has 0 bridgehead atoms. The lowest BCUT2D eigenvalue weighted by atomic mass is 10.0. The second kappa shape index (κ2) is 5.52. The molecule has 0 saturated carbocycles. The van der Waals surface area contributed by atoms with Crippen LogP contribution in [0.1, 0.15) is 38.8 Å². The zero-order chi connectivity index (χ0) is 13.1. The van der Waals surface area contributed by atoms with E-state index in [4.69, 9.17) is 17.3 Å². The fourth-order valence-electron chi connectivity index (χ4n) is 1.57. The molecule has 0 aliphatic carbocycles. The molecule has 1 aromatic carbocycles. The molecule has 0 heterocycles. The normalized spacial score (nSPS) is 13.2. The number of halogens is 1. The lowest BCUT2D eigenvalue weighted by Crippen LogP contribution is -2.39. The first-order chi connectivity index (χ1) is 7.78. The van der Waals surface area contributed by atoms with Gasteiger partial charge in [0.15, 0.2) is 0 Å². The van der Waals surface area contributed by atoms with Crippen LogP contribution < -0.4 is 11.1 Å². The number of amides is 1. The average Bonchev–Trinajstić information content (AvgIpc) is 2.14. The average molecular weight is 255 g/mol. The Balaban J connectivity index is 2.61. The van der Waals surface area contributed by atoms with Crippen molar-refractivity contribution in [3.8, 4) is 0 Å². The quantitative estimate of drug-likeness (QED) is 0.868. The molecule has 94 valence electrons. The summed E-state index contributed by atoms with van der Waals surface area (Å²) in [4.78, 5) is 11.7. The fourth-order valence-corrected chi connectivity index (χ4v) is 1.76. The molecule has 3 nitrogen and oxygen atoms in total. The van der Waals surface area contributed by atoms with Crippen LogP contribution in [0.3, 0.4) is 0 Å². The Morgan fingerprint density at radius 1 is 1.53 bits per heavy atom. The molecule has 0 aromatic heterocycles. The molecule has 1 atom stereocenters. The van der Waals surface area contributed by atoms with Crippen molar-refractivity contribution in [2.24, 2.45) is 5.73 Å². The van der Waals surface area contributed by atoms with Crippen molar-refractivity contribution in [1.82, 2.24) is 5.32 Å². The Morgan fingerprint density at radius 3 is 2.71 bits per heavy atom. The first-order valence-corrected chi connectivity index (χ1v) is 5.99. The molecule has 1 aromatic rings. The minimum absolute atomic E-state index is 0.0509. The number of nitrogens with one attached hydrogen (secondary N) is 1. The third kappa shape index (κ3) is 5.20. The molecule has 0 saturated heterocycles. The number of hydrogen-bond acceptors (Lipinski definition) is 2. The van der Waals surface area contributed by atoms with Crippen LogP contribution in [0.4, 0.5) is 0 Å². The van der Waals surface area contributed by atoms with E-state index < -0.39 is 5.54 Å². The molecule has 0 aliphatic rings. The zero-order valence-corrected chi connectivity index (χ0v) is 11.2. The third-order valence-electron chi connectivity index (χ3n) is 2.34. The maximum Gasteiger partial charge on any atom is 0.222 e. The topological polar surface area (TPSA) is 55.1 Å². The second-order valence-corrected chi connectivity index (χ2v) is 5.45. The van der Waals surface area contributed by atoms with Gasteiger partial charge in [-0.1, -0.05) is 23.7 Å². The van der Waals surface area contributed by atoms with Gasteiger partial charge in [-0.3, -0.25) is 4.79 Å². The van der Waals surface area contributed by atoms with E-state index >= 15 is 0 Å². The summed E-state index contributed by atoms with van der Waals surface area (Å²) in [6, 6.07) is 7.39. The van der Waals surface area contributed by atoms with E-state index in [2.05, 4.69) is 5.32 Å². The number of benzene rings is 1. The van der Waals surface area contributed by atoms with Gasteiger partial charge in [-0.25, -0.2) is 0 Å². The summed E-state index contributed by atoms with van der Waals surface area (Å²) in [5.74, 6) is -0.0509. The van der Waals surface area contributed by atoms with E-state index in [0.717, 1.165) is 5.56 Å². The molecule has 0 aliphatic heterocycles. The van der Waals surface area contributed by atoms with Gasteiger partial charge in [-0.2, -0.15) is 0 Å². The van der Waals surface area contributed by atoms with Gasteiger partial charge in [0.2, 0.25) is 5.91 Å². The first-order valence-electron chi connectivity index (χ1n) is 5.61. The lowest BCUT2D eigenvalue weighted by Gasteiger charge is -2.20. The molecule has 1 rings (SSSR count). The Morgan fingerprint density at radius 2 is 2.18 bits per heavy atom. The van der Waals surface area contributed by atoms with Gasteiger partial charge in [0.05, 0.1) is 6.04 Å². The minimum atomic E-state index is -0.488. The number of hydrogen-bond donors (Lipinski definition) is 2. The van der Waals surface area contributed by atoms with Crippen molar-refractivity contribution >= 4 is 17.5 Å². The van der Waals surface area contributed by atoms with Crippen LogP contribution in [0.25, 0.3) is 0 Å². The summed E-state index contributed by atoms with van der Waals surface area (Å²) in [6.45, 7) is 5.58. The minimum Gasteiger partial charge on any atom is -0.350 e. The molecular weight excluding hydrogens is 236 g/mol. The summed E-state index contributed by atoms with van der Waals surface area (Å²) >= 11 is 5.90. The van der Waals surface area contributed by atoms with E-state index in [1.165, 1.54) is 0 Å². The SMILES string of the molecule is C[C@H](NC(=O)CC(C)(C)N)c1cccc(Cl)c1. The first kappa shape index (κ1) is 14.0. The van der Waals surface area contributed by atoms with Crippen molar-refractivity contribution in [3.63, 3.8) is 0 Å². The summed E-state index contributed by atoms with van der Waals surface area (Å²) in [7, 11) is 0. The fraction of sp³-hybridized carbons (Fsp3) is 0.462. The van der Waals surface area contributed by atoms with E-state index in [1.54, 1.807) is 0 Å². The summed E-state index contributed by atoms with van der Waals surface area (Å²) in [5, 5.41) is 3.57. The highest BCUT2D eigenvalue weighted by molar-refractivity contribution is 6.30. The van der Waals surface area contributed by atoms with Crippen molar-refractivity contribution in [2.75, 3.05) is 0 Å². The van der Waals surface area contributed by atoms with Crippen LogP contribution in [-0.2, 0) is 4.79 Å². The molecule has 17 heavy (non-hydrogen) atoms. The van der Waals surface area contributed by atoms with E-state index in [-0.39, 0.29) is 11.9 Å². The van der Waals surface area contributed by atoms with Crippen molar-refractivity contribution in [3.05, 3.63) is 34.9 Å². The van der Waals surface area contributed by atoms with Gasteiger partial charge in [-0.05, 0) is 38.5 Å². The monoisotopic (exact) mass is 254 g/mol. The number of nitrogens with two attached hydrogens (primary N) is 1. The largest absolute Gasteiger partial charge is 0.350 e. The molecular formula is C13H19ClN2O. The highest BCUT2D eigenvalue weighted by atomic mass is 35.5. The van der Waals surface area contributed by atoms with Crippen LogP contribution >= 0.6 is 11.6 Å². The third-order valence-corrected chi connectivity index (χ3v) is 2.58. The number of rotatable bonds is 4. The summed E-state index contributed by atoms with van der Waals surface area (Å²) in [6.07, 6.45) is 0.303. The zero-order valence-electron chi connectivity index (χ0n) is 10.5.